The van der Waals surface area contributed by atoms with E-state index in [9.17, 15) is 9.59 Å². The minimum absolute atomic E-state index is 0.0644. The number of carbonyl (C=O) groups excluding carboxylic acids is 2. The summed E-state index contributed by atoms with van der Waals surface area (Å²) in [5, 5.41) is 4.83. The Bertz CT molecular complexity index is 1540. The molecule has 0 saturated carbocycles. The van der Waals surface area contributed by atoms with Gasteiger partial charge in [0.15, 0.2) is 12.4 Å². The van der Waals surface area contributed by atoms with E-state index in [1.807, 2.05) is 57.2 Å². The Morgan fingerprint density at radius 1 is 0.975 bits per heavy atom. The van der Waals surface area contributed by atoms with Crippen molar-refractivity contribution in [1.29, 1.82) is 0 Å². The lowest BCUT2D eigenvalue weighted by Gasteiger charge is -2.18. The van der Waals surface area contributed by atoms with Crippen LogP contribution < -0.4 is 10.1 Å². The number of hydrogen-bond acceptors (Lipinski definition) is 3. The van der Waals surface area contributed by atoms with Gasteiger partial charge in [0.25, 0.3) is 5.91 Å². The van der Waals surface area contributed by atoms with E-state index in [2.05, 4.69) is 55.8 Å². The molecule has 1 heterocycles. The van der Waals surface area contributed by atoms with Gasteiger partial charge in [-0.25, -0.2) is 0 Å². The molecular formula is C34H39ClN2O3. The highest BCUT2D eigenvalue weighted by atomic mass is 35.5. The predicted molar refractivity (Wildman–Crippen MR) is 164 cm³/mol. The average Bonchev–Trinajstić information content (AvgIpc) is 3.17. The number of halogens is 1. The van der Waals surface area contributed by atoms with Gasteiger partial charge in [-0.1, -0.05) is 63.6 Å². The number of benzene rings is 3. The van der Waals surface area contributed by atoms with Crippen LogP contribution in [-0.2, 0) is 11.3 Å². The molecule has 0 bridgehead atoms. The summed E-state index contributed by atoms with van der Waals surface area (Å²) in [6.45, 7) is 14.9. The maximum Gasteiger partial charge on any atom is 0.251 e. The number of fused-ring (bicyclic) bond motifs is 1. The van der Waals surface area contributed by atoms with Crippen molar-refractivity contribution in [3.8, 4) is 5.75 Å². The van der Waals surface area contributed by atoms with E-state index in [4.69, 9.17) is 16.3 Å². The summed E-state index contributed by atoms with van der Waals surface area (Å²) < 4.78 is 8.13. The summed E-state index contributed by atoms with van der Waals surface area (Å²) in [5.74, 6) is 1.01. The molecule has 3 aromatic carbocycles. The fourth-order valence-electron chi connectivity index (χ4n) is 4.94. The van der Waals surface area contributed by atoms with E-state index < -0.39 is 6.10 Å². The maximum atomic E-state index is 13.3. The summed E-state index contributed by atoms with van der Waals surface area (Å²) in [5.41, 5.74) is 7.12. The van der Waals surface area contributed by atoms with Crippen molar-refractivity contribution in [2.45, 2.75) is 73.1 Å². The first-order valence-corrected chi connectivity index (χ1v) is 14.3. The molecule has 6 heteroatoms. The third kappa shape index (κ3) is 6.26. The number of carbonyl (C=O) groups is 2. The van der Waals surface area contributed by atoms with Gasteiger partial charge in [0.1, 0.15) is 5.75 Å². The van der Waals surface area contributed by atoms with E-state index in [0.29, 0.717) is 28.8 Å². The van der Waals surface area contributed by atoms with Crippen LogP contribution in [0.4, 0.5) is 0 Å². The Hall–Kier alpha value is -3.57. The second kappa shape index (κ2) is 12.3. The molecule has 4 aromatic rings. The van der Waals surface area contributed by atoms with Gasteiger partial charge < -0.3 is 14.6 Å². The summed E-state index contributed by atoms with van der Waals surface area (Å²) in [4.78, 5) is 24.7. The van der Waals surface area contributed by atoms with Gasteiger partial charge in [-0.05, 0) is 91.3 Å². The van der Waals surface area contributed by atoms with Gasteiger partial charge in [0.2, 0.25) is 0 Å². The van der Waals surface area contributed by atoms with Crippen molar-refractivity contribution in [1.82, 2.24) is 9.88 Å². The van der Waals surface area contributed by atoms with Crippen molar-refractivity contribution in [3.63, 3.8) is 0 Å². The molecule has 0 unspecified atom stereocenters. The second-order valence-corrected chi connectivity index (χ2v) is 11.7. The zero-order valence-corrected chi connectivity index (χ0v) is 25.2. The topological polar surface area (TPSA) is 60.3 Å². The highest BCUT2D eigenvalue weighted by Crippen LogP contribution is 2.31. The van der Waals surface area contributed by atoms with Crippen LogP contribution in [-0.4, -0.2) is 22.9 Å². The van der Waals surface area contributed by atoms with Gasteiger partial charge in [-0.3, -0.25) is 9.59 Å². The van der Waals surface area contributed by atoms with Crippen LogP contribution in [0.2, 0.25) is 5.02 Å². The Morgan fingerprint density at radius 3 is 2.38 bits per heavy atom. The van der Waals surface area contributed by atoms with E-state index in [1.165, 1.54) is 5.56 Å². The van der Waals surface area contributed by atoms with Crippen molar-refractivity contribution >= 4 is 34.7 Å². The lowest BCUT2D eigenvalue weighted by molar-refractivity contribution is -0.115. The quantitative estimate of drug-likeness (QED) is 0.200. The Balaban J connectivity index is 1.59. The SMILES string of the molecule is Cc1c(C)n(Cc2cc(O[C@H](C=O)C(C)C)ccc2Cl)c2ccc(C(=O)N[C@@H](C)c3cccc(C(C)C)c3)cc12. The molecule has 0 aliphatic heterocycles. The summed E-state index contributed by atoms with van der Waals surface area (Å²) in [6.07, 6.45) is 0.320. The number of rotatable bonds is 10. The lowest BCUT2D eigenvalue weighted by atomic mass is 9.98. The van der Waals surface area contributed by atoms with Crippen molar-refractivity contribution in [2.75, 3.05) is 0 Å². The van der Waals surface area contributed by atoms with Crippen molar-refractivity contribution in [2.24, 2.45) is 5.92 Å². The molecule has 0 aliphatic rings. The third-order valence-corrected chi connectivity index (χ3v) is 8.10. The molecule has 4 rings (SSSR count). The zero-order chi connectivity index (χ0) is 29.1. The van der Waals surface area contributed by atoms with Crippen LogP contribution in [0.15, 0.2) is 60.7 Å². The van der Waals surface area contributed by atoms with Gasteiger partial charge in [0, 0.05) is 33.7 Å². The first-order valence-electron chi connectivity index (χ1n) is 13.9. The molecule has 0 radical (unpaired) electrons. The molecule has 0 saturated heterocycles. The van der Waals surface area contributed by atoms with Crippen LogP contribution in [0, 0.1) is 19.8 Å². The number of ether oxygens (including phenoxy) is 1. The maximum absolute atomic E-state index is 13.3. The Kier molecular flexibility index (Phi) is 9.05. The Morgan fingerprint density at radius 2 is 1.70 bits per heavy atom. The smallest absolute Gasteiger partial charge is 0.251 e. The minimum atomic E-state index is -0.517. The number of nitrogens with one attached hydrogen (secondary N) is 1. The molecule has 0 fully saturated rings. The largest absolute Gasteiger partial charge is 0.483 e. The number of nitrogens with zero attached hydrogens (tertiary/aromatic N) is 1. The van der Waals surface area contributed by atoms with Crippen LogP contribution in [0.3, 0.4) is 0 Å². The zero-order valence-electron chi connectivity index (χ0n) is 24.4. The van der Waals surface area contributed by atoms with Gasteiger partial charge >= 0.3 is 0 Å². The molecule has 0 spiro atoms. The summed E-state index contributed by atoms with van der Waals surface area (Å²) in [7, 11) is 0. The standard InChI is InChI=1S/C34H39ClN2O3/c1-20(2)25-9-8-10-26(15-25)23(6)36-34(39)27-11-14-32-30(17-27)22(5)24(7)37(32)18-28-16-29(12-13-31(28)35)40-33(19-38)21(3)4/h8-17,19-21,23,33H,18H2,1-7H3,(H,36,39)/t23-,33+/m0/s1. The Labute approximate surface area is 242 Å². The molecule has 0 aliphatic carbocycles. The fraction of sp³-hybridized carbons (Fsp3) is 0.353. The summed E-state index contributed by atoms with van der Waals surface area (Å²) in [6, 6.07) is 19.6. The molecule has 40 heavy (non-hydrogen) atoms. The van der Waals surface area contributed by atoms with Crippen LogP contribution in [0.25, 0.3) is 10.9 Å². The van der Waals surface area contributed by atoms with Crippen LogP contribution >= 0.6 is 11.6 Å². The third-order valence-electron chi connectivity index (χ3n) is 7.74. The van der Waals surface area contributed by atoms with E-state index in [-0.39, 0.29) is 17.9 Å². The van der Waals surface area contributed by atoms with Crippen LogP contribution in [0.1, 0.15) is 84.9 Å². The van der Waals surface area contributed by atoms with E-state index >= 15 is 0 Å². The highest BCUT2D eigenvalue weighted by molar-refractivity contribution is 6.31. The number of aromatic nitrogens is 1. The molecule has 1 amide bonds. The molecule has 2 atom stereocenters. The first kappa shape index (κ1) is 29.4. The number of amides is 1. The fourth-order valence-corrected chi connectivity index (χ4v) is 5.12. The number of aldehydes is 1. The van der Waals surface area contributed by atoms with E-state index in [0.717, 1.165) is 39.6 Å². The summed E-state index contributed by atoms with van der Waals surface area (Å²) >= 11 is 6.59. The number of aryl methyl sites for hydroxylation is 1. The van der Waals surface area contributed by atoms with Crippen molar-refractivity contribution in [3.05, 3.63) is 99.2 Å². The lowest BCUT2D eigenvalue weighted by Crippen LogP contribution is -2.26. The second-order valence-electron chi connectivity index (χ2n) is 11.3. The predicted octanol–water partition coefficient (Wildman–Crippen LogP) is 8.18. The molecule has 5 nitrogen and oxygen atoms in total. The first-order chi connectivity index (χ1) is 19.0. The molecule has 1 N–H and O–H groups in total. The monoisotopic (exact) mass is 558 g/mol. The highest BCUT2D eigenvalue weighted by Gasteiger charge is 2.18. The van der Waals surface area contributed by atoms with Gasteiger partial charge in [-0.15, -0.1) is 0 Å². The average molecular weight is 559 g/mol. The normalized spacial score (nSPS) is 13.1. The van der Waals surface area contributed by atoms with Gasteiger partial charge in [-0.2, -0.15) is 0 Å². The van der Waals surface area contributed by atoms with Crippen molar-refractivity contribution < 1.29 is 14.3 Å². The van der Waals surface area contributed by atoms with Crippen LogP contribution in [0.5, 0.6) is 5.75 Å². The molecular weight excluding hydrogens is 520 g/mol. The molecule has 1 aromatic heterocycles. The number of hydrogen-bond donors (Lipinski definition) is 1. The molecule has 210 valence electrons. The van der Waals surface area contributed by atoms with E-state index in [1.54, 1.807) is 6.07 Å². The minimum Gasteiger partial charge on any atom is -0.483 e. The van der Waals surface area contributed by atoms with Gasteiger partial charge in [0.05, 0.1) is 6.04 Å².